The van der Waals surface area contributed by atoms with E-state index in [1.807, 2.05) is 0 Å². The lowest BCUT2D eigenvalue weighted by Gasteiger charge is -2.49. The van der Waals surface area contributed by atoms with E-state index in [0.717, 1.165) is 25.0 Å². The highest BCUT2D eigenvalue weighted by Crippen LogP contribution is 2.43. The minimum absolute atomic E-state index is 0.00715. The highest BCUT2D eigenvalue weighted by atomic mass is 19.4. The van der Waals surface area contributed by atoms with Gasteiger partial charge in [-0.3, -0.25) is 10.3 Å². The van der Waals surface area contributed by atoms with Crippen LogP contribution in [0.3, 0.4) is 0 Å². The maximum atomic E-state index is 13.3. The smallest absolute Gasteiger partial charge is 0.293 e. The molecule has 0 radical (unpaired) electrons. The Morgan fingerprint density at radius 2 is 2.00 bits per heavy atom. The van der Waals surface area contributed by atoms with Crippen LogP contribution in [0.15, 0.2) is 5.10 Å². The lowest BCUT2D eigenvalue weighted by Crippen LogP contribution is -2.66. The first kappa shape index (κ1) is 12.3. The Hall–Kier alpha value is -0.780. The number of rotatable bonds is 0. The highest BCUT2D eigenvalue weighted by Gasteiger charge is 2.56. The predicted molar refractivity (Wildman–Crippen MR) is 62.1 cm³/mol. The molecule has 1 saturated heterocycles. The molecular formula is C12H18F3N3. The average molecular weight is 261 g/mol. The second-order valence-electron chi connectivity index (χ2n) is 5.64. The summed E-state index contributed by atoms with van der Waals surface area (Å²) in [5.74, 6) is -0.343. The van der Waals surface area contributed by atoms with E-state index in [9.17, 15) is 13.2 Å². The molecule has 0 spiro atoms. The molecule has 4 atom stereocenters. The standard InChI is InChI=1S/C12H18F3N3/c1-7-6-10-16-9-5-3-2-4-8(9)11(12(13,14)15)18(10)17-7/h8-11,16H,2-6H2,1H3/t8?,9-,10?,11+/m1/s1. The summed E-state index contributed by atoms with van der Waals surface area (Å²) in [5.41, 5.74) is 0.792. The van der Waals surface area contributed by atoms with Crippen LogP contribution in [0.2, 0.25) is 0 Å². The normalized spacial score (nSPS) is 40.2. The molecule has 0 aromatic carbocycles. The average Bonchev–Trinajstić information content (AvgIpc) is 2.63. The Bertz CT molecular complexity index is 366. The number of nitrogens with zero attached hydrogens (tertiary/aromatic N) is 2. The Balaban J connectivity index is 1.92. The van der Waals surface area contributed by atoms with Crippen molar-refractivity contribution in [3.05, 3.63) is 0 Å². The zero-order valence-corrected chi connectivity index (χ0v) is 10.4. The van der Waals surface area contributed by atoms with Crippen molar-refractivity contribution in [1.82, 2.24) is 10.3 Å². The molecular weight excluding hydrogens is 243 g/mol. The lowest BCUT2D eigenvalue weighted by atomic mass is 9.77. The van der Waals surface area contributed by atoms with Crippen molar-refractivity contribution in [2.45, 2.75) is 63.5 Å². The van der Waals surface area contributed by atoms with E-state index >= 15 is 0 Å². The van der Waals surface area contributed by atoms with Crippen LogP contribution >= 0.6 is 0 Å². The summed E-state index contributed by atoms with van der Waals surface area (Å²) < 4.78 is 40.0. The van der Waals surface area contributed by atoms with Crippen LogP contribution in [-0.4, -0.2) is 35.1 Å². The second-order valence-corrected chi connectivity index (χ2v) is 5.64. The predicted octanol–water partition coefficient (Wildman–Crippen LogP) is 2.49. The molecule has 18 heavy (non-hydrogen) atoms. The molecule has 102 valence electrons. The Kier molecular flexibility index (Phi) is 2.80. The van der Waals surface area contributed by atoms with Gasteiger partial charge in [0.15, 0.2) is 0 Å². The molecule has 6 heteroatoms. The van der Waals surface area contributed by atoms with Crippen LogP contribution in [0.5, 0.6) is 0 Å². The molecule has 2 fully saturated rings. The number of hydrogen-bond acceptors (Lipinski definition) is 3. The van der Waals surface area contributed by atoms with E-state index in [0.29, 0.717) is 12.8 Å². The number of alkyl halides is 3. The molecule has 0 aromatic heterocycles. The molecule has 0 amide bonds. The van der Waals surface area contributed by atoms with Crippen molar-refractivity contribution in [3.8, 4) is 0 Å². The van der Waals surface area contributed by atoms with Crippen LogP contribution in [0.4, 0.5) is 13.2 Å². The summed E-state index contributed by atoms with van der Waals surface area (Å²) >= 11 is 0. The molecule has 2 unspecified atom stereocenters. The van der Waals surface area contributed by atoms with Crippen LogP contribution in [0.25, 0.3) is 0 Å². The molecule has 2 heterocycles. The lowest BCUT2D eigenvalue weighted by molar-refractivity contribution is -0.221. The van der Waals surface area contributed by atoms with E-state index in [1.54, 1.807) is 6.92 Å². The molecule has 1 saturated carbocycles. The quantitative estimate of drug-likeness (QED) is 0.725. The van der Waals surface area contributed by atoms with Gasteiger partial charge in [0.2, 0.25) is 0 Å². The van der Waals surface area contributed by atoms with Crippen molar-refractivity contribution in [2.75, 3.05) is 0 Å². The van der Waals surface area contributed by atoms with Crippen molar-refractivity contribution in [1.29, 1.82) is 0 Å². The van der Waals surface area contributed by atoms with Crippen molar-refractivity contribution >= 4 is 5.71 Å². The van der Waals surface area contributed by atoms with Gasteiger partial charge < -0.3 is 0 Å². The largest absolute Gasteiger partial charge is 0.410 e. The summed E-state index contributed by atoms with van der Waals surface area (Å²) in [5, 5.41) is 8.76. The SMILES string of the molecule is CC1=NN2C(C1)N[C@@H]1CCCCC1[C@H]2C(F)(F)F. The van der Waals surface area contributed by atoms with E-state index < -0.39 is 12.2 Å². The van der Waals surface area contributed by atoms with Crippen molar-refractivity contribution < 1.29 is 13.2 Å². The molecule has 3 nitrogen and oxygen atoms in total. The van der Waals surface area contributed by atoms with Gasteiger partial charge in [0.1, 0.15) is 12.2 Å². The monoisotopic (exact) mass is 261 g/mol. The van der Waals surface area contributed by atoms with Gasteiger partial charge in [-0.05, 0) is 19.8 Å². The fraction of sp³-hybridized carbons (Fsp3) is 0.917. The number of fused-ring (bicyclic) bond motifs is 2. The molecule has 0 aromatic rings. The molecule has 2 aliphatic heterocycles. The van der Waals surface area contributed by atoms with Crippen molar-refractivity contribution in [3.63, 3.8) is 0 Å². The fourth-order valence-corrected chi connectivity index (χ4v) is 3.65. The summed E-state index contributed by atoms with van der Waals surface area (Å²) in [6, 6.07) is -1.39. The maximum Gasteiger partial charge on any atom is 0.410 e. The van der Waals surface area contributed by atoms with Crippen LogP contribution in [0.1, 0.15) is 39.0 Å². The summed E-state index contributed by atoms with van der Waals surface area (Å²) in [6.07, 6.45) is -0.386. The van der Waals surface area contributed by atoms with Crippen LogP contribution in [0, 0.1) is 5.92 Å². The van der Waals surface area contributed by atoms with Gasteiger partial charge in [0, 0.05) is 24.1 Å². The summed E-state index contributed by atoms with van der Waals surface area (Å²) in [6.45, 7) is 1.80. The van der Waals surface area contributed by atoms with Crippen LogP contribution < -0.4 is 5.32 Å². The number of hydrogen-bond donors (Lipinski definition) is 1. The van der Waals surface area contributed by atoms with E-state index in [-0.39, 0.29) is 18.1 Å². The first-order valence-electron chi connectivity index (χ1n) is 6.62. The first-order chi connectivity index (χ1) is 8.47. The molecule has 0 bridgehead atoms. The Labute approximate surface area is 104 Å². The van der Waals surface area contributed by atoms with Gasteiger partial charge in [0.25, 0.3) is 0 Å². The fourth-order valence-electron chi connectivity index (χ4n) is 3.65. The number of hydrazone groups is 1. The zero-order chi connectivity index (χ0) is 12.9. The number of halogens is 3. The molecule has 1 aliphatic carbocycles. The van der Waals surface area contributed by atoms with Gasteiger partial charge in [-0.25, -0.2) is 0 Å². The van der Waals surface area contributed by atoms with E-state index in [4.69, 9.17) is 0 Å². The van der Waals surface area contributed by atoms with Gasteiger partial charge >= 0.3 is 6.18 Å². The summed E-state index contributed by atoms with van der Waals surface area (Å²) in [7, 11) is 0. The summed E-state index contributed by atoms with van der Waals surface area (Å²) in [4.78, 5) is 0. The Morgan fingerprint density at radius 1 is 1.28 bits per heavy atom. The van der Waals surface area contributed by atoms with E-state index in [2.05, 4.69) is 10.4 Å². The molecule has 3 rings (SSSR count). The third-order valence-electron chi connectivity index (χ3n) is 4.35. The number of nitrogens with one attached hydrogen (secondary N) is 1. The maximum absolute atomic E-state index is 13.3. The second kappa shape index (κ2) is 4.11. The van der Waals surface area contributed by atoms with Gasteiger partial charge in [0.05, 0.1) is 0 Å². The molecule has 1 N–H and O–H groups in total. The Morgan fingerprint density at radius 3 is 2.72 bits per heavy atom. The first-order valence-corrected chi connectivity index (χ1v) is 6.62. The minimum atomic E-state index is -4.19. The third-order valence-corrected chi connectivity index (χ3v) is 4.35. The van der Waals surface area contributed by atoms with E-state index in [1.165, 1.54) is 5.01 Å². The zero-order valence-electron chi connectivity index (χ0n) is 10.4. The van der Waals surface area contributed by atoms with Gasteiger partial charge in [-0.1, -0.05) is 12.8 Å². The van der Waals surface area contributed by atoms with Crippen LogP contribution in [-0.2, 0) is 0 Å². The third kappa shape index (κ3) is 1.90. The molecule has 3 aliphatic rings. The van der Waals surface area contributed by atoms with Gasteiger partial charge in [-0.2, -0.15) is 18.3 Å². The van der Waals surface area contributed by atoms with Gasteiger partial charge in [-0.15, -0.1) is 0 Å². The minimum Gasteiger partial charge on any atom is -0.293 e. The highest BCUT2D eigenvalue weighted by molar-refractivity contribution is 5.83. The topological polar surface area (TPSA) is 27.6 Å². The van der Waals surface area contributed by atoms with Crippen molar-refractivity contribution in [2.24, 2.45) is 11.0 Å².